The van der Waals surface area contributed by atoms with Crippen molar-refractivity contribution in [2.45, 2.75) is 24.7 Å². The van der Waals surface area contributed by atoms with Gasteiger partial charge in [0.25, 0.3) is 15.7 Å². The first-order valence-corrected chi connectivity index (χ1v) is 10.7. The van der Waals surface area contributed by atoms with Gasteiger partial charge in [0.2, 0.25) is 5.91 Å². The molecule has 0 radical (unpaired) electrons. The molecule has 2 aromatic carbocycles. The summed E-state index contributed by atoms with van der Waals surface area (Å²) in [5.41, 5.74) is 1.37. The number of hydrazone groups is 1. The van der Waals surface area contributed by atoms with E-state index >= 15 is 0 Å². The number of anilines is 2. The molecule has 11 heteroatoms. The largest absolute Gasteiger partial charge is 0.366 e. The van der Waals surface area contributed by atoms with Gasteiger partial charge in [0.15, 0.2) is 0 Å². The lowest BCUT2D eigenvalue weighted by Gasteiger charge is -2.17. The summed E-state index contributed by atoms with van der Waals surface area (Å²) in [4.78, 5) is 26.0. The van der Waals surface area contributed by atoms with Crippen LogP contribution in [0.5, 0.6) is 0 Å². The average molecular weight is 431 g/mol. The van der Waals surface area contributed by atoms with E-state index in [1.54, 1.807) is 12.1 Å². The normalized spacial score (nSPS) is 14.1. The van der Waals surface area contributed by atoms with Gasteiger partial charge in [-0.2, -0.15) is 13.5 Å². The number of nitrogens with zero attached hydrogens (tertiary/aromatic N) is 3. The van der Waals surface area contributed by atoms with Gasteiger partial charge in [-0.05, 0) is 43.2 Å². The van der Waals surface area contributed by atoms with Crippen LogP contribution >= 0.6 is 0 Å². The van der Waals surface area contributed by atoms with E-state index < -0.39 is 14.9 Å². The van der Waals surface area contributed by atoms with Crippen LogP contribution in [0.25, 0.3) is 0 Å². The van der Waals surface area contributed by atoms with Gasteiger partial charge in [-0.3, -0.25) is 14.9 Å². The van der Waals surface area contributed by atoms with Crippen molar-refractivity contribution in [2.24, 2.45) is 5.10 Å². The quantitative estimate of drug-likeness (QED) is 0.393. The fourth-order valence-corrected chi connectivity index (χ4v) is 3.93. The molecule has 1 aliphatic rings. The maximum absolute atomic E-state index is 12.3. The molecule has 0 saturated carbocycles. The minimum Gasteiger partial charge on any atom is -0.366 e. The average Bonchev–Trinajstić information content (AvgIpc) is 3.22. The Hall–Kier alpha value is -3.47. The molecule has 0 bridgehead atoms. The molecule has 0 atom stereocenters. The third-order valence-electron chi connectivity index (χ3n) is 4.51. The highest BCUT2D eigenvalue weighted by atomic mass is 32.2. The van der Waals surface area contributed by atoms with Crippen molar-refractivity contribution in [2.75, 3.05) is 23.3 Å². The highest BCUT2D eigenvalue weighted by molar-refractivity contribution is 7.89. The number of carbonyl (C=O) groups excluding carboxylic acids is 1. The van der Waals surface area contributed by atoms with Crippen molar-refractivity contribution in [3.63, 3.8) is 0 Å². The Morgan fingerprint density at radius 1 is 1.17 bits per heavy atom. The van der Waals surface area contributed by atoms with Crippen LogP contribution in [0.3, 0.4) is 0 Å². The summed E-state index contributed by atoms with van der Waals surface area (Å²) in [6, 6.07) is 10.3. The van der Waals surface area contributed by atoms with Crippen LogP contribution in [0.15, 0.2) is 52.5 Å². The number of nitrogens with one attached hydrogen (secondary N) is 2. The first-order chi connectivity index (χ1) is 14.3. The Morgan fingerprint density at radius 3 is 2.43 bits per heavy atom. The Labute approximate surface area is 173 Å². The molecule has 2 N–H and O–H groups in total. The predicted molar refractivity (Wildman–Crippen MR) is 113 cm³/mol. The third kappa shape index (κ3) is 5.11. The van der Waals surface area contributed by atoms with Crippen molar-refractivity contribution < 1.29 is 18.1 Å². The standard InChI is InChI=1S/C19H21N5O5S/c1-14(25)21-16-5-7-17(8-6-16)30(28,29)22-20-13-15-4-9-18(19(12-15)24(26)27)23-10-2-3-11-23/h4-9,12-13,22H,2-3,10-11H2,1H3,(H,21,25)/b20-13+. The second-order valence-corrected chi connectivity index (χ2v) is 8.42. The number of hydrogen-bond donors (Lipinski definition) is 2. The van der Waals surface area contributed by atoms with E-state index in [4.69, 9.17) is 0 Å². The topological polar surface area (TPSA) is 134 Å². The Balaban J connectivity index is 1.73. The van der Waals surface area contributed by atoms with E-state index in [9.17, 15) is 23.3 Å². The highest BCUT2D eigenvalue weighted by Crippen LogP contribution is 2.31. The summed E-state index contributed by atoms with van der Waals surface area (Å²) in [5, 5.41) is 17.7. The van der Waals surface area contributed by atoms with E-state index in [0.29, 0.717) is 16.9 Å². The summed E-state index contributed by atoms with van der Waals surface area (Å²) >= 11 is 0. The number of rotatable bonds is 7. The fraction of sp³-hybridized carbons (Fsp3) is 0.263. The zero-order chi connectivity index (χ0) is 21.7. The first kappa shape index (κ1) is 21.2. The van der Waals surface area contributed by atoms with Crippen LogP contribution < -0.4 is 15.0 Å². The SMILES string of the molecule is CC(=O)Nc1ccc(S(=O)(=O)N/N=C/c2ccc(N3CCCC3)c([N+](=O)[O-])c2)cc1. The molecule has 10 nitrogen and oxygen atoms in total. The lowest BCUT2D eigenvalue weighted by atomic mass is 10.1. The Kier molecular flexibility index (Phi) is 6.31. The van der Waals surface area contributed by atoms with Crippen LogP contribution in [-0.4, -0.2) is 38.6 Å². The van der Waals surface area contributed by atoms with E-state index in [1.165, 1.54) is 43.5 Å². The highest BCUT2D eigenvalue weighted by Gasteiger charge is 2.22. The van der Waals surface area contributed by atoms with Crippen LogP contribution in [0, 0.1) is 10.1 Å². The van der Waals surface area contributed by atoms with Crippen molar-refractivity contribution in [1.82, 2.24) is 4.83 Å². The number of benzene rings is 2. The number of sulfonamides is 1. The molecule has 1 saturated heterocycles. The van der Waals surface area contributed by atoms with Gasteiger partial charge >= 0.3 is 0 Å². The Bertz CT molecular complexity index is 1080. The molecule has 1 heterocycles. The van der Waals surface area contributed by atoms with Gasteiger partial charge in [-0.15, -0.1) is 0 Å². The number of nitro benzene ring substituents is 1. The van der Waals surface area contributed by atoms with Crippen LogP contribution in [0.1, 0.15) is 25.3 Å². The molecular formula is C19H21N5O5S. The maximum atomic E-state index is 12.3. The number of carbonyl (C=O) groups is 1. The molecule has 30 heavy (non-hydrogen) atoms. The van der Waals surface area contributed by atoms with E-state index in [-0.39, 0.29) is 16.5 Å². The van der Waals surface area contributed by atoms with Gasteiger partial charge in [-0.1, -0.05) is 6.07 Å². The lowest BCUT2D eigenvalue weighted by Crippen LogP contribution is -2.19. The first-order valence-electron chi connectivity index (χ1n) is 9.22. The molecule has 158 valence electrons. The fourth-order valence-electron chi connectivity index (χ4n) is 3.14. The lowest BCUT2D eigenvalue weighted by molar-refractivity contribution is -0.384. The molecular weight excluding hydrogens is 410 g/mol. The molecule has 2 aromatic rings. The zero-order valence-electron chi connectivity index (χ0n) is 16.2. The molecule has 0 aliphatic carbocycles. The summed E-state index contributed by atoms with van der Waals surface area (Å²) in [7, 11) is -3.93. The van der Waals surface area contributed by atoms with Gasteiger partial charge in [0.05, 0.1) is 16.0 Å². The predicted octanol–water partition coefficient (Wildman–Crippen LogP) is 2.47. The summed E-state index contributed by atoms with van der Waals surface area (Å²) in [6.07, 6.45) is 3.20. The number of nitro groups is 1. The van der Waals surface area contributed by atoms with Crippen molar-refractivity contribution in [1.29, 1.82) is 0 Å². The van der Waals surface area contributed by atoms with E-state index in [1.807, 2.05) is 4.90 Å². The molecule has 1 fully saturated rings. The zero-order valence-corrected chi connectivity index (χ0v) is 17.1. The third-order valence-corrected chi connectivity index (χ3v) is 5.75. The van der Waals surface area contributed by atoms with E-state index in [0.717, 1.165) is 25.9 Å². The Morgan fingerprint density at radius 2 is 1.83 bits per heavy atom. The molecule has 0 unspecified atom stereocenters. The molecule has 3 rings (SSSR count). The van der Waals surface area contributed by atoms with Gasteiger partial charge in [-0.25, -0.2) is 4.83 Å². The second kappa shape index (κ2) is 8.91. The molecule has 0 aromatic heterocycles. The van der Waals surface area contributed by atoms with Crippen molar-refractivity contribution in [3.05, 3.63) is 58.1 Å². The van der Waals surface area contributed by atoms with Crippen LogP contribution in [-0.2, 0) is 14.8 Å². The maximum Gasteiger partial charge on any atom is 0.293 e. The van der Waals surface area contributed by atoms with Crippen LogP contribution in [0.4, 0.5) is 17.1 Å². The number of amides is 1. The summed E-state index contributed by atoms with van der Waals surface area (Å²) in [5.74, 6) is -0.266. The molecule has 0 spiro atoms. The summed E-state index contributed by atoms with van der Waals surface area (Å²) in [6.45, 7) is 2.90. The summed E-state index contributed by atoms with van der Waals surface area (Å²) < 4.78 is 24.7. The van der Waals surface area contributed by atoms with Crippen molar-refractivity contribution in [3.8, 4) is 0 Å². The smallest absolute Gasteiger partial charge is 0.293 e. The van der Waals surface area contributed by atoms with Gasteiger partial charge < -0.3 is 10.2 Å². The monoisotopic (exact) mass is 431 g/mol. The minimum atomic E-state index is -3.93. The van der Waals surface area contributed by atoms with Crippen molar-refractivity contribution >= 4 is 39.2 Å². The van der Waals surface area contributed by atoms with Gasteiger partial charge in [0.1, 0.15) is 5.69 Å². The van der Waals surface area contributed by atoms with Crippen LogP contribution in [0.2, 0.25) is 0 Å². The second-order valence-electron chi connectivity index (χ2n) is 6.76. The minimum absolute atomic E-state index is 0.0379. The molecule has 1 aliphatic heterocycles. The number of hydrogen-bond acceptors (Lipinski definition) is 7. The molecule has 1 amide bonds. The van der Waals surface area contributed by atoms with E-state index in [2.05, 4.69) is 15.2 Å². The van der Waals surface area contributed by atoms with Gasteiger partial charge in [0, 0.05) is 37.3 Å².